The number of oxazole rings is 1. The number of hydrogen-bond donors (Lipinski definition) is 1. The number of aromatic nitrogens is 4. The van der Waals surface area contributed by atoms with Crippen molar-refractivity contribution in [3.63, 3.8) is 0 Å². The summed E-state index contributed by atoms with van der Waals surface area (Å²) in [5, 5.41) is 7.28. The van der Waals surface area contributed by atoms with Crippen LogP contribution in [0.15, 0.2) is 16.8 Å². The average molecular weight is 165 g/mol. The van der Waals surface area contributed by atoms with Gasteiger partial charge in [-0.3, -0.25) is 0 Å². The molecule has 0 amide bonds. The molecule has 6 nitrogen and oxygen atoms in total. The highest BCUT2D eigenvalue weighted by Crippen LogP contribution is 2.06. The number of rotatable bonds is 1. The Balaban J connectivity index is 2.43. The Morgan fingerprint density at radius 1 is 1.58 bits per heavy atom. The van der Waals surface area contributed by atoms with E-state index in [2.05, 4.69) is 15.3 Å². The first-order chi connectivity index (χ1) is 5.75. The zero-order valence-electron chi connectivity index (χ0n) is 6.43. The van der Waals surface area contributed by atoms with Crippen molar-refractivity contribution < 1.29 is 4.42 Å². The lowest BCUT2D eigenvalue weighted by Crippen LogP contribution is -1.94. The number of anilines is 1. The summed E-state index contributed by atoms with van der Waals surface area (Å²) < 4.78 is 6.55. The molecule has 0 aliphatic carbocycles. The van der Waals surface area contributed by atoms with Crippen molar-refractivity contribution >= 4 is 5.82 Å². The van der Waals surface area contributed by atoms with Gasteiger partial charge in [0.15, 0.2) is 5.82 Å². The fraction of sp³-hybridized carbons (Fsp3) is 0.167. The Bertz CT molecular complexity index is 352. The summed E-state index contributed by atoms with van der Waals surface area (Å²) in [6.45, 7) is 1.80. The Kier molecular flexibility index (Phi) is 1.33. The first-order valence-corrected chi connectivity index (χ1v) is 3.36. The predicted octanol–water partition coefficient (Wildman–Crippen LogP) is 0.146. The molecule has 0 spiro atoms. The summed E-state index contributed by atoms with van der Waals surface area (Å²) in [4.78, 5) is 3.94. The van der Waals surface area contributed by atoms with E-state index in [-0.39, 0.29) is 0 Å². The molecule has 12 heavy (non-hydrogen) atoms. The van der Waals surface area contributed by atoms with Crippen molar-refractivity contribution in [2.45, 2.75) is 6.92 Å². The zero-order valence-corrected chi connectivity index (χ0v) is 6.43. The quantitative estimate of drug-likeness (QED) is 0.650. The fourth-order valence-electron chi connectivity index (χ4n) is 0.819. The molecule has 2 heterocycles. The van der Waals surface area contributed by atoms with E-state index >= 15 is 0 Å². The molecule has 0 saturated heterocycles. The summed E-state index contributed by atoms with van der Waals surface area (Å²) in [6.07, 6.45) is 3.14. The van der Waals surface area contributed by atoms with Gasteiger partial charge in [-0.15, -0.1) is 5.10 Å². The first kappa shape index (κ1) is 6.84. The lowest BCUT2D eigenvalue weighted by Gasteiger charge is -1.88. The maximum absolute atomic E-state index is 5.36. The molecule has 2 aromatic rings. The van der Waals surface area contributed by atoms with E-state index in [0.29, 0.717) is 11.8 Å². The first-order valence-electron chi connectivity index (χ1n) is 3.36. The van der Waals surface area contributed by atoms with Gasteiger partial charge in [-0.1, -0.05) is 5.21 Å². The van der Waals surface area contributed by atoms with Crippen LogP contribution in [0.4, 0.5) is 5.82 Å². The minimum absolute atomic E-state index is 0.339. The summed E-state index contributed by atoms with van der Waals surface area (Å²) in [5.74, 6) is 1.06. The van der Waals surface area contributed by atoms with Crippen molar-refractivity contribution in [2.75, 3.05) is 5.73 Å². The van der Waals surface area contributed by atoms with E-state index in [4.69, 9.17) is 10.2 Å². The lowest BCUT2D eigenvalue weighted by atomic mass is 10.6. The Hall–Kier alpha value is -1.85. The van der Waals surface area contributed by atoms with Gasteiger partial charge in [-0.05, 0) is 6.92 Å². The van der Waals surface area contributed by atoms with Gasteiger partial charge in [-0.25, -0.2) is 0 Å². The number of nitrogens with two attached hydrogens (primary N) is 1. The molecule has 0 radical (unpaired) electrons. The molecule has 0 atom stereocenters. The highest BCUT2D eigenvalue weighted by atomic mass is 16.4. The maximum atomic E-state index is 5.36. The van der Waals surface area contributed by atoms with Crippen LogP contribution in [-0.4, -0.2) is 20.0 Å². The Morgan fingerprint density at radius 3 is 2.92 bits per heavy atom. The van der Waals surface area contributed by atoms with Crippen molar-refractivity contribution in [3.8, 4) is 6.01 Å². The third-order valence-corrected chi connectivity index (χ3v) is 1.32. The molecule has 0 aromatic carbocycles. The molecule has 6 heteroatoms. The Labute approximate surface area is 68.0 Å². The second-order valence-electron chi connectivity index (χ2n) is 2.34. The zero-order chi connectivity index (χ0) is 8.55. The molecule has 2 aromatic heterocycles. The van der Waals surface area contributed by atoms with E-state index < -0.39 is 0 Å². The predicted molar refractivity (Wildman–Crippen MR) is 40.6 cm³/mol. The molecular formula is C6H7N5O. The molecule has 0 aliphatic heterocycles. The normalized spacial score (nSPS) is 10.4. The molecule has 0 aliphatic rings. The number of aryl methyl sites for hydroxylation is 1. The smallest absolute Gasteiger partial charge is 0.324 e. The van der Waals surface area contributed by atoms with E-state index in [0.717, 1.165) is 5.76 Å². The van der Waals surface area contributed by atoms with Gasteiger partial charge in [-0.2, -0.15) is 9.67 Å². The number of hydrogen-bond acceptors (Lipinski definition) is 5. The van der Waals surface area contributed by atoms with E-state index in [1.807, 2.05) is 0 Å². The molecule has 0 bridgehead atoms. The minimum Gasteiger partial charge on any atom is -0.427 e. The van der Waals surface area contributed by atoms with Gasteiger partial charge in [0.05, 0.1) is 12.4 Å². The van der Waals surface area contributed by atoms with E-state index in [9.17, 15) is 0 Å². The van der Waals surface area contributed by atoms with E-state index in [1.165, 1.54) is 10.9 Å². The maximum Gasteiger partial charge on any atom is 0.324 e. The average Bonchev–Trinajstić information content (AvgIpc) is 2.58. The standard InChI is InChI=1S/C6H7N5O/c1-4-2-8-6(12-4)11-3-5(7)9-10-11/h2-3H,7H2,1H3. The van der Waals surface area contributed by atoms with Crippen LogP contribution in [0.1, 0.15) is 5.76 Å². The van der Waals surface area contributed by atoms with Crippen LogP contribution in [0.2, 0.25) is 0 Å². The highest BCUT2D eigenvalue weighted by Gasteiger charge is 2.04. The van der Waals surface area contributed by atoms with Crippen molar-refractivity contribution in [1.82, 2.24) is 20.0 Å². The van der Waals surface area contributed by atoms with Crippen LogP contribution in [0, 0.1) is 6.92 Å². The van der Waals surface area contributed by atoms with Gasteiger partial charge in [0, 0.05) is 0 Å². The van der Waals surface area contributed by atoms with E-state index in [1.54, 1.807) is 13.1 Å². The fourth-order valence-corrected chi connectivity index (χ4v) is 0.819. The third-order valence-electron chi connectivity index (χ3n) is 1.32. The molecule has 62 valence electrons. The summed E-state index contributed by atoms with van der Waals surface area (Å²) in [5.41, 5.74) is 5.36. The lowest BCUT2D eigenvalue weighted by molar-refractivity contribution is 0.482. The van der Waals surface area contributed by atoms with Crippen LogP contribution in [0.25, 0.3) is 6.01 Å². The van der Waals surface area contributed by atoms with Crippen LogP contribution in [0.5, 0.6) is 0 Å². The highest BCUT2D eigenvalue weighted by molar-refractivity contribution is 5.23. The summed E-state index contributed by atoms with van der Waals surface area (Å²) in [6, 6.07) is 0.372. The van der Waals surface area contributed by atoms with Crippen LogP contribution in [0.3, 0.4) is 0 Å². The van der Waals surface area contributed by atoms with Crippen LogP contribution >= 0.6 is 0 Å². The molecule has 2 N–H and O–H groups in total. The monoisotopic (exact) mass is 165 g/mol. The van der Waals surface area contributed by atoms with Gasteiger partial charge in [0.2, 0.25) is 0 Å². The van der Waals surface area contributed by atoms with Gasteiger partial charge >= 0.3 is 6.01 Å². The Morgan fingerprint density at radius 2 is 2.42 bits per heavy atom. The SMILES string of the molecule is Cc1cnc(-n2cc(N)nn2)o1. The minimum atomic E-state index is 0.339. The van der Waals surface area contributed by atoms with Gasteiger partial charge < -0.3 is 10.2 Å². The molecule has 0 saturated carbocycles. The largest absolute Gasteiger partial charge is 0.427 e. The number of nitrogens with zero attached hydrogens (tertiary/aromatic N) is 4. The molecular weight excluding hydrogens is 158 g/mol. The molecule has 0 unspecified atom stereocenters. The van der Waals surface area contributed by atoms with Gasteiger partial charge in [0.1, 0.15) is 5.76 Å². The van der Waals surface area contributed by atoms with Gasteiger partial charge in [0.25, 0.3) is 0 Å². The second kappa shape index (κ2) is 2.33. The summed E-state index contributed by atoms with van der Waals surface area (Å²) in [7, 11) is 0. The van der Waals surface area contributed by atoms with Crippen LogP contribution < -0.4 is 5.73 Å². The molecule has 2 rings (SSSR count). The second-order valence-corrected chi connectivity index (χ2v) is 2.34. The topological polar surface area (TPSA) is 82.8 Å². The number of nitrogen functional groups attached to an aromatic ring is 1. The third kappa shape index (κ3) is 1.03. The van der Waals surface area contributed by atoms with Crippen molar-refractivity contribution in [1.29, 1.82) is 0 Å². The van der Waals surface area contributed by atoms with Crippen LogP contribution in [-0.2, 0) is 0 Å². The molecule has 0 fully saturated rings. The van der Waals surface area contributed by atoms with Crippen molar-refractivity contribution in [3.05, 3.63) is 18.2 Å². The van der Waals surface area contributed by atoms with Crippen molar-refractivity contribution in [2.24, 2.45) is 0 Å². The summed E-state index contributed by atoms with van der Waals surface area (Å²) >= 11 is 0.